The molecule has 22 heavy (non-hydrogen) atoms. The second kappa shape index (κ2) is 7.89. The minimum atomic E-state index is -0.171. The quantitative estimate of drug-likeness (QED) is 0.718. The molecule has 2 saturated heterocycles. The van der Waals surface area contributed by atoms with Gasteiger partial charge in [-0.05, 0) is 6.92 Å². The Kier molecular flexibility index (Phi) is 6.16. The van der Waals surface area contributed by atoms with Gasteiger partial charge >= 0.3 is 0 Å². The molecule has 0 aliphatic carbocycles. The second-order valence-corrected chi connectivity index (χ2v) is 6.24. The molecule has 2 unspecified atom stereocenters. The van der Waals surface area contributed by atoms with Crippen molar-refractivity contribution in [2.75, 3.05) is 59.0 Å². The Bertz CT molecular complexity index is 388. The predicted octanol–water partition coefficient (Wildman–Crippen LogP) is -1.03. The van der Waals surface area contributed by atoms with Crippen LogP contribution in [0.5, 0.6) is 0 Å². The number of piperazine rings is 1. The monoisotopic (exact) mass is 312 g/mol. The molecule has 2 aliphatic rings. The lowest BCUT2D eigenvalue weighted by atomic mass is 10.0. The summed E-state index contributed by atoms with van der Waals surface area (Å²) < 4.78 is 5.29. The zero-order valence-electron chi connectivity index (χ0n) is 13.7. The number of morpholine rings is 1. The van der Waals surface area contributed by atoms with Crippen molar-refractivity contribution in [1.29, 1.82) is 0 Å². The SMILES string of the molecule is CC(N)C(C)C(=O)N1CCN(C(=O)CN2CCOCC2)CC1. The van der Waals surface area contributed by atoms with E-state index in [0.717, 1.165) is 13.1 Å². The molecular weight excluding hydrogens is 284 g/mol. The van der Waals surface area contributed by atoms with E-state index in [2.05, 4.69) is 4.90 Å². The molecular formula is C15H28N4O3. The molecule has 0 saturated carbocycles. The zero-order valence-corrected chi connectivity index (χ0v) is 13.7. The van der Waals surface area contributed by atoms with Crippen molar-refractivity contribution in [3.63, 3.8) is 0 Å². The maximum Gasteiger partial charge on any atom is 0.236 e. The first-order valence-electron chi connectivity index (χ1n) is 8.11. The summed E-state index contributed by atoms with van der Waals surface area (Å²) in [7, 11) is 0. The van der Waals surface area contributed by atoms with Crippen molar-refractivity contribution in [3.05, 3.63) is 0 Å². The summed E-state index contributed by atoms with van der Waals surface area (Å²) in [6.45, 7) is 9.62. The number of hydrogen-bond acceptors (Lipinski definition) is 5. The molecule has 2 heterocycles. The molecule has 0 aromatic carbocycles. The van der Waals surface area contributed by atoms with Crippen LogP contribution >= 0.6 is 0 Å². The smallest absolute Gasteiger partial charge is 0.236 e. The van der Waals surface area contributed by atoms with Gasteiger partial charge in [0.1, 0.15) is 0 Å². The summed E-state index contributed by atoms with van der Waals surface area (Å²) in [5, 5.41) is 0. The minimum absolute atomic E-state index is 0.0929. The van der Waals surface area contributed by atoms with Gasteiger partial charge in [-0.15, -0.1) is 0 Å². The Morgan fingerprint density at radius 2 is 1.55 bits per heavy atom. The highest BCUT2D eigenvalue weighted by Crippen LogP contribution is 2.10. The van der Waals surface area contributed by atoms with Gasteiger partial charge in [-0.1, -0.05) is 6.92 Å². The van der Waals surface area contributed by atoms with Gasteiger partial charge in [0.05, 0.1) is 25.7 Å². The number of carbonyl (C=O) groups excluding carboxylic acids is 2. The Hall–Kier alpha value is -1.18. The third-order valence-corrected chi connectivity index (χ3v) is 4.58. The van der Waals surface area contributed by atoms with Crippen LogP contribution in [0.2, 0.25) is 0 Å². The highest BCUT2D eigenvalue weighted by molar-refractivity contribution is 5.81. The summed E-state index contributed by atoms with van der Waals surface area (Å²) in [6.07, 6.45) is 0. The molecule has 2 amide bonds. The first kappa shape index (κ1) is 17.2. The van der Waals surface area contributed by atoms with Crippen molar-refractivity contribution in [3.8, 4) is 0 Å². The van der Waals surface area contributed by atoms with Crippen LogP contribution in [0.15, 0.2) is 0 Å². The van der Waals surface area contributed by atoms with Crippen LogP contribution in [-0.4, -0.2) is 91.6 Å². The molecule has 0 aromatic heterocycles. The van der Waals surface area contributed by atoms with Gasteiger partial charge in [0.2, 0.25) is 11.8 Å². The average Bonchev–Trinajstić information content (AvgIpc) is 2.54. The van der Waals surface area contributed by atoms with E-state index in [0.29, 0.717) is 45.9 Å². The molecule has 2 atom stereocenters. The van der Waals surface area contributed by atoms with Crippen LogP contribution in [0.4, 0.5) is 0 Å². The van der Waals surface area contributed by atoms with Gasteiger partial charge < -0.3 is 20.3 Å². The van der Waals surface area contributed by atoms with Crippen molar-refractivity contribution in [2.45, 2.75) is 19.9 Å². The standard InChI is InChI=1S/C15H28N4O3/c1-12(13(2)16)15(21)19-5-3-18(4-6-19)14(20)11-17-7-9-22-10-8-17/h12-13H,3-11,16H2,1-2H3. The molecule has 2 fully saturated rings. The van der Waals surface area contributed by atoms with Gasteiger partial charge in [-0.2, -0.15) is 0 Å². The maximum absolute atomic E-state index is 12.3. The number of rotatable bonds is 4. The number of nitrogens with zero attached hydrogens (tertiary/aromatic N) is 3. The molecule has 7 nitrogen and oxygen atoms in total. The number of hydrogen-bond donors (Lipinski definition) is 1. The van der Waals surface area contributed by atoms with Crippen molar-refractivity contribution < 1.29 is 14.3 Å². The van der Waals surface area contributed by atoms with E-state index in [1.165, 1.54) is 0 Å². The van der Waals surface area contributed by atoms with Crippen molar-refractivity contribution >= 4 is 11.8 Å². The molecule has 0 bridgehead atoms. The average molecular weight is 312 g/mol. The normalized spacial score (nSPS) is 23.2. The third-order valence-electron chi connectivity index (χ3n) is 4.58. The van der Waals surface area contributed by atoms with Crippen LogP contribution in [0.1, 0.15) is 13.8 Å². The molecule has 126 valence electrons. The van der Waals surface area contributed by atoms with Crippen LogP contribution in [0.25, 0.3) is 0 Å². The first-order chi connectivity index (χ1) is 10.5. The summed E-state index contributed by atoms with van der Waals surface area (Å²) >= 11 is 0. The van der Waals surface area contributed by atoms with Gasteiger partial charge in [0.15, 0.2) is 0 Å². The Morgan fingerprint density at radius 1 is 1.00 bits per heavy atom. The lowest BCUT2D eigenvalue weighted by Gasteiger charge is -2.37. The van der Waals surface area contributed by atoms with Gasteiger partial charge in [-0.3, -0.25) is 14.5 Å². The molecule has 0 spiro atoms. The summed E-state index contributed by atoms with van der Waals surface area (Å²) in [4.78, 5) is 30.4. The molecule has 0 aromatic rings. The summed E-state index contributed by atoms with van der Waals surface area (Å²) in [5.41, 5.74) is 5.80. The van der Waals surface area contributed by atoms with E-state index >= 15 is 0 Å². The van der Waals surface area contributed by atoms with Crippen LogP contribution in [0, 0.1) is 5.92 Å². The van der Waals surface area contributed by atoms with E-state index < -0.39 is 0 Å². The number of amides is 2. The predicted molar refractivity (Wildman–Crippen MR) is 83.2 cm³/mol. The maximum atomic E-state index is 12.3. The molecule has 0 radical (unpaired) electrons. The van der Waals surface area contributed by atoms with Gasteiger partial charge in [0, 0.05) is 45.3 Å². The van der Waals surface area contributed by atoms with Crippen LogP contribution < -0.4 is 5.73 Å². The number of carbonyl (C=O) groups is 2. The number of nitrogens with two attached hydrogens (primary N) is 1. The van der Waals surface area contributed by atoms with Crippen LogP contribution in [-0.2, 0) is 14.3 Å². The minimum Gasteiger partial charge on any atom is -0.379 e. The molecule has 2 aliphatic heterocycles. The lowest BCUT2D eigenvalue weighted by molar-refractivity contribution is -0.143. The second-order valence-electron chi connectivity index (χ2n) is 6.24. The van der Waals surface area contributed by atoms with Gasteiger partial charge in [-0.25, -0.2) is 0 Å². The molecule has 2 rings (SSSR count). The topological polar surface area (TPSA) is 79.1 Å². The largest absolute Gasteiger partial charge is 0.379 e. The zero-order chi connectivity index (χ0) is 16.1. The third kappa shape index (κ3) is 4.41. The molecule has 2 N–H and O–H groups in total. The van der Waals surface area contributed by atoms with Crippen molar-refractivity contribution in [1.82, 2.24) is 14.7 Å². The van der Waals surface area contributed by atoms with E-state index in [-0.39, 0.29) is 23.8 Å². The first-order valence-corrected chi connectivity index (χ1v) is 8.11. The van der Waals surface area contributed by atoms with Crippen molar-refractivity contribution in [2.24, 2.45) is 11.7 Å². The number of ether oxygens (including phenoxy) is 1. The highest BCUT2D eigenvalue weighted by Gasteiger charge is 2.28. The van der Waals surface area contributed by atoms with Gasteiger partial charge in [0.25, 0.3) is 0 Å². The fraction of sp³-hybridized carbons (Fsp3) is 0.867. The lowest BCUT2D eigenvalue weighted by Crippen LogP contribution is -2.55. The van der Waals surface area contributed by atoms with E-state index in [9.17, 15) is 9.59 Å². The van der Waals surface area contributed by atoms with E-state index in [1.807, 2.05) is 23.6 Å². The summed E-state index contributed by atoms with van der Waals surface area (Å²) in [5.74, 6) is 0.0696. The fourth-order valence-electron chi connectivity index (χ4n) is 2.74. The van der Waals surface area contributed by atoms with E-state index in [1.54, 1.807) is 0 Å². The Balaban J connectivity index is 1.76. The summed E-state index contributed by atoms with van der Waals surface area (Å²) in [6, 6.07) is -0.145. The highest BCUT2D eigenvalue weighted by atomic mass is 16.5. The Labute approximate surface area is 132 Å². The van der Waals surface area contributed by atoms with E-state index in [4.69, 9.17) is 10.5 Å². The van der Waals surface area contributed by atoms with Crippen LogP contribution in [0.3, 0.4) is 0 Å². The Morgan fingerprint density at radius 3 is 2.09 bits per heavy atom. The fourth-order valence-corrected chi connectivity index (χ4v) is 2.74. The molecule has 7 heteroatoms.